The molecule has 0 spiro atoms. The minimum absolute atomic E-state index is 0.164. The van der Waals surface area contributed by atoms with Crippen molar-refractivity contribution in [1.82, 2.24) is 4.72 Å². The lowest BCUT2D eigenvalue weighted by atomic mass is 10.1. The van der Waals surface area contributed by atoms with Crippen LogP contribution < -0.4 is 10.5 Å². The molecule has 0 radical (unpaired) electrons. The third kappa shape index (κ3) is 4.88. The van der Waals surface area contributed by atoms with E-state index >= 15 is 0 Å². The van der Waals surface area contributed by atoms with Crippen molar-refractivity contribution >= 4 is 26.5 Å². The van der Waals surface area contributed by atoms with E-state index in [9.17, 15) is 12.6 Å². The van der Waals surface area contributed by atoms with Crippen molar-refractivity contribution < 1.29 is 12.6 Å². The van der Waals surface area contributed by atoms with Crippen molar-refractivity contribution in [2.45, 2.75) is 37.6 Å². The first-order valence-electron chi connectivity index (χ1n) is 6.47. The Hall–Kier alpha value is -0.920. The number of nitrogens with one attached hydrogen (secondary N) is 1. The van der Waals surface area contributed by atoms with E-state index in [1.54, 1.807) is 25.3 Å². The average Bonchev–Trinajstić information content (AvgIpc) is 2.35. The van der Waals surface area contributed by atoms with Gasteiger partial charge in [0.2, 0.25) is 10.0 Å². The summed E-state index contributed by atoms with van der Waals surface area (Å²) in [5, 5.41) is 0. The summed E-state index contributed by atoms with van der Waals surface area (Å²) in [6.45, 7) is 3.72. The van der Waals surface area contributed by atoms with Crippen LogP contribution in [0.2, 0.25) is 0 Å². The van der Waals surface area contributed by atoms with E-state index in [1.807, 2.05) is 6.92 Å². The summed E-state index contributed by atoms with van der Waals surface area (Å²) in [7, 11) is -4.51. The second kappa shape index (κ2) is 7.19. The zero-order valence-corrected chi connectivity index (χ0v) is 13.7. The maximum atomic E-state index is 12.2. The van der Waals surface area contributed by atoms with Crippen molar-refractivity contribution in [3.8, 4) is 0 Å². The summed E-state index contributed by atoms with van der Waals surface area (Å²) in [5.41, 5.74) is 7.24. The zero-order chi connectivity index (χ0) is 15.3. The van der Waals surface area contributed by atoms with Gasteiger partial charge in [-0.25, -0.2) is 13.1 Å². The van der Waals surface area contributed by atoms with Gasteiger partial charge in [0.05, 0.1) is 4.90 Å². The predicted molar refractivity (Wildman–Crippen MR) is 83.6 cm³/mol. The summed E-state index contributed by atoms with van der Waals surface area (Å²) in [6.07, 6.45) is 2.90. The Morgan fingerprint density at radius 2 is 2.05 bits per heavy atom. The Morgan fingerprint density at radius 1 is 1.40 bits per heavy atom. The normalized spacial score (nSPS) is 14.9. The maximum absolute atomic E-state index is 12.2. The second-order valence-corrected chi connectivity index (χ2v) is 8.07. The Morgan fingerprint density at radius 3 is 2.55 bits per heavy atom. The number of aryl methyl sites for hydroxylation is 1. The van der Waals surface area contributed by atoms with Crippen molar-refractivity contribution in [2.75, 3.05) is 17.7 Å². The molecule has 5 nitrogen and oxygen atoms in total. The highest BCUT2D eigenvalue weighted by molar-refractivity contribution is 7.89. The molecule has 7 heteroatoms. The molecule has 1 rings (SSSR count). The molecule has 114 valence electrons. The molecule has 2 atom stereocenters. The van der Waals surface area contributed by atoms with Gasteiger partial charge in [0, 0.05) is 34.5 Å². The van der Waals surface area contributed by atoms with Crippen LogP contribution in [0, 0.1) is 0 Å². The van der Waals surface area contributed by atoms with E-state index in [2.05, 4.69) is 4.72 Å². The summed E-state index contributed by atoms with van der Waals surface area (Å²) in [5.74, 6) is 0.473. The van der Waals surface area contributed by atoms with Gasteiger partial charge < -0.3 is 5.73 Å². The monoisotopic (exact) mass is 318 g/mol. The third-order valence-corrected chi connectivity index (χ3v) is 5.40. The number of hydrogen-bond donors (Lipinski definition) is 2. The molecule has 0 bridgehead atoms. The minimum Gasteiger partial charge on any atom is -0.398 e. The molecule has 0 heterocycles. The van der Waals surface area contributed by atoms with Gasteiger partial charge in [-0.05, 0) is 37.5 Å². The highest BCUT2D eigenvalue weighted by Gasteiger charge is 2.18. The fourth-order valence-electron chi connectivity index (χ4n) is 1.80. The fourth-order valence-corrected chi connectivity index (χ4v) is 3.80. The van der Waals surface area contributed by atoms with E-state index in [4.69, 9.17) is 5.73 Å². The van der Waals surface area contributed by atoms with Gasteiger partial charge in [0.1, 0.15) is 0 Å². The Labute approximate surface area is 123 Å². The van der Waals surface area contributed by atoms with E-state index in [-0.39, 0.29) is 10.9 Å². The second-order valence-electron chi connectivity index (χ2n) is 4.80. The fraction of sp³-hybridized carbons (Fsp3) is 0.538. The molecule has 2 unspecified atom stereocenters. The van der Waals surface area contributed by atoms with Crippen LogP contribution in [0.3, 0.4) is 0 Å². The van der Waals surface area contributed by atoms with Crippen molar-refractivity contribution in [3.63, 3.8) is 0 Å². The van der Waals surface area contributed by atoms with Crippen LogP contribution in [0.4, 0.5) is 5.69 Å². The Bertz CT molecular complexity index is 585. The van der Waals surface area contributed by atoms with Crippen LogP contribution in [0.25, 0.3) is 0 Å². The Balaban J connectivity index is 2.83. The summed E-state index contributed by atoms with van der Waals surface area (Å²) in [6, 6.07) is 4.50. The third-order valence-electron chi connectivity index (χ3n) is 3.00. The number of nitrogen functional groups attached to an aromatic ring is 1. The van der Waals surface area contributed by atoms with Gasteiger partial charge in [-0.3, -0.25) is 4.21 Å². The molecule has 1 aromatic rings. The van der Waals surface area contributed by atoms with Gasteiger partial charge in [0.25, 0.3) is 0 Å². The highest BCUT2D eigenvalue weighted by atomic mass is 32.2. The largest absolute Gasteiger partial charge is 0.398 e. The molecule has 1 aromatic carbocycles. The average molecular weight is 318 g/mol. The molecule has 0 saturated carbocycles. The van der Waals surface area contributed by atoms with E-state index in [0.717, 1.165) is 12.0 Å². The lowest BCUT2D eigenvalue weighted by molar-refractivity contribution is 0.556. The Kier molecular flexibility index (Phi) is 6.16. The van der Waals surface area contributed by atoms with Crippen LogP contribution in [0.15, 0.2) is 23.1 Å². The molecule has 0 amide bonds. The molecule has 0 saturated heterocycles. The van der Waals surface area contributed by atoms with Crippen LogP contribution in [-0.4, -0.2) is 30.7 Å². The minimum atomic E-state index is -3.58. The first kappa shape index (κ1) is 17.1. The van der Waals surface area contributed by atoms with E-state index in [0.29, 0.717) is 17.9 Å². The van der Waals surface area contributed by atoms with Crippen LogP contribution in [-0.2, 0) is 27.2 Å². The van der Waals surface area contributed by atoms with Crippen LogP contribution in [0.1, 0.15) is 25.8 Å². The van der Waals surface area contributed by atoms with Gasteiger partial charge in [-0.2, -0.15) is 0 Å². The molecule has 0 aliphatic heterocycles. The van der Waals surface area contributed by atoms with Crippen molar-refractivity contribution in [2.24, 2.45) is 0 Å². The molecule has 3 N–H and O–H groups in total. The quantitative estimate of drug-likeness (QED) is 0.741. The summed E-state index contributed by atoms with van der Waals surface area (Å²) >= 11 is 0. The highest BCUT2D eigenvalue weighted by Crippen LogP contribution is 2.18. The predicted octanol–water partition coefficient (Wildman–Crippen LogP) is 1.27. The molecule has 0 aliphatic carbocycles. The molecule has 0 fully saturated rings. The van der Waals surface area contributed by atoms with Gasteiger partial charge >= 0.3 is 0 Å². The van der Waals surface area contributed by atoms with Gasteiger partial charge in [-0.1, -0.05) is 13.0 Å². The molecule has 0 aromatic heterocycles. The first-order valence-corrected chi connectivity index (χ1v) is 9.68. The molecular weight excluding hydrogens is 296 g/mol. The van der Waals surface area contributed by atoms with E-state index in [1.165, 1.54) is 6.07 Å². The van der Waals surface area contributed by atoms with Crippen molar-refractivity contribution in [1.29, 1.82) is 0 Å². The topological polar surface area (TPSA) is 89.3 Å². The maximum Gasteiger partial charge on any atom is 0.240 e. The number of benzene rings is 1. The zero-order valence-electron chi connectivity index (χ0n) is 12.0. The molecular formula is C13H22N2O3S2. The SMILES string of the molecule is CCc1ccc(S(=O)(=O)NC(C)CCS(C)=O)cc1N. The number of rotatable bonds is 7. The summed E-state index contributed by atoms with van der Waals surface area (Å²) in [4.78, 5) is 0.164. The number of anilines is 1. The molecule has 0 aliphatic rings. The smallest absolute Gasteiger partial charge is 0.240 e. The standard InChI is InChI=1S/C13H22N2O3S2/c1-4-11-5-6-12(9-13(11)14)20(17,18)15-10(2)7-8-19(3)16/h5-6,9-10,15H,4,7-8,14H2,1-3H3. The van der Waals surface area contributed by atoms with Crippen molar-refractivity contribution in [3.05, 3.63) is 23.8 Å². The lowest BCUT2D eigenvalue weighted by Crippen LogP contribution is -2.33. The van der Waals surface area contributed by atoms with Crippen LogP contribution >= 0.6 is 0 Å². The lowest BCUT2D eigenvalue weighted by Gasteiger charge is -2.14. The number of sulfonamides is 1. The van der Waals surface area contributed by atoms with E-state index < -0.39 is 20.8 Å². The summed E-state index contributed by atoms with van der Waals surface area (Å²) < 4.78 is 38.0. The van der Waals surface area contributed by atoms with Gasteiger partial charge in [0.15, 0.2) is 0 Å². The van der Waals surface area contributed by atoms with Crippen LogP contribution in [0.5, 0.6) is 0 Å². The van der Waals surface area contributed by atoms with Gasteiger partial charge in [-0.15, -0.1) is 0 Å². The molecule has 20 heavy (non-hydrogen) atoms. The first-order chi connectivity index (χ1) is 9.26. The number of hydrogen-bond acceptors (Lipinski definition) is 4. The number of nitrogens with two attached hydrogens (primary N) is 1.